The topological polar surface area (TPSA) is 152 Å². The highest BCUT2D eigenvalue weighted by molar-refractivity contribution is 7.87. The van der Waals surface area contributed by atoms with Crippen LogP contribution in [0.1, 0.15) is 206 Å². The summed E-state index contributed by atoms with van der Waals surface area (Å²) in [5.41, 5.74) is 0. The van der Waals surface area contributed by atoms with Gasteiger partial charge in [-0.25, -0.2) is 8.42 Å². The van der Waals surface area contributed by atoms with E-state index in [4.69, 9.17) is 0 Å². The van der Waals surface area contributed by atoms with Crippen LogP contribution in [-0.4, -0.2) is 99.8 Å². The molecule has 326 valence electrons. The van der Waals surface area contributed by atoms with Gasteiger partial charge in [-0.15, -0.1) is 0 Å². The second kappa shape index (κ2) is 32.2. The minimum absolute atomic E-state index is 0.143. The molecule has 0 radical (unpaired) electrons. The zero-order valence-corrected chi connectivity index (χ0v) is 38.0. The standard InChI is InChI=1S/C21H43NO5S.C21H45NO3S/c1-5-6-7-8-9-10-11-12-13-14-15-16-17-18-19-21(20(23)24,22(2,3)4)28(25,26)27;1-4-5-6-7-8-9-10-11-12-13-14-15-16-17-19-22(2,3)20-18-21-26(23,24)25/h5-19H2,1-4H3,(H-,23,24,25,26,27);4-21H2,1-3H3. The average molecular weight is 813 g/mol. The number of unbranched alkanes of at least 4 members (excludes halogenated alkanes) is 26. The van der Waals surface area contributed by atoms with Crippen molar-refractivity contribution in [3.05, 3.63) is 0 Å². The highest BCUT2D eigenvalue weighted by Crippen LogP contribution is 2.31. The van der Waals surface area contributed by atoms with Gasteiger partial charge in [-0.2, -0.15) is 8.42 Å². The lowest BCUT2D eigenvalue weighted by molar-refractivity contribution is -0.901. The number of quaternary nitrogens is 2. The summed E-state index contributed by atoms with van der Waals surface area (Å²) < 4.78 is 65.6. The van der Waals surface area contributed by atoms with E-state index in [-0.39, 0.29) is 12.2 Å². The summed E-state index contributed by atoms with van der Waals surface area (Å²) in [6, 6.07) is 0. The molecule has 0 spiro atoms. The van der Waals surface area contributed by atoms with Crippen molar-refractivity contribution in [2.75, 3.05) is 54.1 Å². The van der Waals surface area contributed by atoms with E-state index in [1.54, 1.807) is 0 Å². The second-order valence-electron chi connectivity index (χ2n) is 17.5. The molecule has 0 saturated carbocycles. The van der Waals surface area contributed by atoms with Gasteiger partial charge in [0.25, 0.3) is 4.87 Å². The van der Waals surface area contributed by atoms with Crippen molar-refractivity contribution < 1.29 is 44.8 Å². The Kier molecular flexibility index (Phi) is 33.0. The molecule has 1 N–H and O–H groups in total. The monoisotopic (exact) mass is 813 g/mol. The van der Waals surface area contributed by atoms with Crippen LogP contribution in [0.25, 0.3) is 0 Å². The van der Waals surface area contributed by atoms with Crippen LogP contribution in [0, 0.1) is 0 Å². The molecule has 0 aromatic rings. The van der Waals surface area contributed by atoms with E-state index in [9.17, 15) is 35.8 Å². The quantitative estimate of drug-likeness (QED) is 0.0370. The Bertz CT molecular complexity index is 1110. The first-order valence-corrected chi connectivity index (χ1v) is 25.0. The Labute approximate surface area is 335 Å². The largest absolute Gasteiger partial charge is 0.748 e. The lowest BCUT2D eigenvalue weighted by Crippen LogP contribution is -2.69. The molecule has 12 heteroatoms. The van der Waals surface area contributed by atoms with E-state index in [1.807, 2.05) is 0 Å². The SMILES string of the molecule is CCCCCCCCCCCCCCCCC(C(=O)[O-])([N+](C)(C)C)S(=O)(=O)O.CCCCCCCCCCCCCCCC[N+](C)(C)CCCS(=O)(=O)[O-]. The van der Waals surface area contributed by atoms with Gasteiger partial charge in [0.05, 0.1) is 58.4 Å². The smallest absolute Gasteiger partial charge is 0.328 e. The number of nitrogens with zero attached hydrogens (tertiary/aromatic N) is 2. The Morgan fingerprint density at radius 3 is 1.04 bits per heavy atom. The fourth-order valence-corrected chi connectivity index (χ4v) is 9.15. The first-order valence-electron chi connectivity index (χ1n) is 22.0. The van der Waals surface area contributed by atoms with Crippen LogP contribution in [0.2, 0.25) is 0 Å². The first kappa shape index (κ1) is 55.3. The molecule has 0 heterocycles. The summed E-state index contributed by atoms with van der Waals surface area (Å²) in [5, 5.41) is 11.6. The maximum atomic E-state index is 11.8. The number of rotatable bonds is 37. The van der Waals surface area contributed by atoms with Gasteiger partial charge in [0, 0.05) is 18.6 Å². The maximum Gasteiger partial charge on any atom is 0.328 e. The van der Waals surface area contributed by atoms with E-state index in [0.29, 0.717) is 12.8 Å². The molecule has 54 heavy (non-hydrogen) atoms. The van der Waals surface area contributed by atoms with Crippen LogP contribution < -0.4 is 5.11 Å². The molecule has 10 nitrogen and oxygen atoms in total. The van der Waals surface area contributed by atoms with Gasteiger partial charge in [0.2, 0.25) is 0 Å². The third kappa shape index (κ3) is 30.4. The number of likely N-dealkylation sites (N-methyl/N-ethyl adjacent to an activating group) is 1. The summed E-state index contributed by atoms with van der Waals surface area (Å²) in [4.78, 5) is 9.30. The molecule has 1 unspecified atom stereocenters. The van der Waals surface area contributed by atoms with Crippen LogP contribution in [0.5, 0.6) is 0 Å². The van der Waals surface area contributed by atoms with Crippen LogP contribution in [0.15, 0.2) is 0 Å². The number of carboxylic acids is 1. The molecule has 0 bridgehead atoms. The first-order chi connectivity index (χ1) is 25.3. The molecule has 1 atom stereocenters. The molecular weight excluding hydrogens is 725 g/mol. The van der Waals surface area contributed by atoms with Crippen LogP contribution in [0.3, 0.4) is 0 Å². The van der Waals surface area contributed by atoms with Gasteiger partial charge in [0.15, 0.2) is 0 Å². The van der Waals surface area contributed by atoms with Crippen molar-refractivity contribution in [1.29, 1.82) is 0 Å². The van der Waals surface area contributed by atoms with Crippen molar-refractivity contribution in [3.8, 4) is 0 Å². The molecule has 0 aliphatic rings. The Hall–Kier alpha value is -0.790. The minimum Gasteiger partial charge on any atom is -0.748 e. The second-order valence-corrected chi connectivity index (χ2v) is 20.6. The fraction of sp³-hybridized carbons (Fsp3) is 0.976. The Morgan fingerprint density at radius 1 is 0.500 bits per heavy atom. The lowest BCUT2D eigenvalue weighted by Gasteiger charge is -2.43. The zero-order chi connectivity index (χ0) is 41.4. The predicted octanol–water partition coefficient (Wildman–Crippen LogP) is 9.38. The van der Waals surface area contributed by atoms with E-state index in [0.717, 1.165) is 43.3 Å². The van der Waals surface area contributed by atoms with Gasteiger partial charge in [-0.3, -0.25) is 4.55 Å². The lowest BCUT2D eigenvalue weighted by atomic mass is 10.0. The van der Waals surface area contributed by atoms with E-state index in [2.05, 4.69) is 27.9 Å². The number of hydrogen-bond donors (Lipinski definition) is 1. The van der Waals surface area contributed by atoms with Crippen molar-refractivity contribution in [3.63, 3.8) is 0 Å². The maximum absolute atomic E-state index is 11.8. The molecule has 0 aliphatic carbocycles. The van der Waals surface area contributed by atoms with Gasteiger partial charge in [-0.05, 0) is 19.3 Å². The molecular formula is C42H88N2O8S2. The van der Waals surface area contributed by atoms with Crippen LogP contribution in [-0.2, 0) is 25.0 Å². The molecule has 0 rings (SSSR count). The van der Waals surface area contributed by atoms with Crippen LogP contribution in [0.4, 0.5) is 0 Å². The van der Waals surface area contributed by atoms with Crippen molar-refractivity contribution in [1.82, 2.24) is 0 Å². The summed E-state index contributed by atoms with van der Waals surface area (Å²) in [6.45, 7) is 6.33. The summed E-state index contributed by atoms with van der Waals surface area (Å²) >= 11 is 0. The highest BCUT2D eigenvalue weighted by Gasteiger charge is 2.55. The third-order valence-corrected chi connectivity index (χ3v) is 13.5. The minimum atomic E-state index is -4.79. The van der Waals surface area contributed by atoms with Gasteiger partial charge in [-0.1, -0.05) is 174 Å². The molecule has 0 aromatic heterocycles. The van der Waals surface area contributed by atoms with Crippen LogP contribution >= 0.6 is 0 Å². The van der Waals surface area contributed by atoms with E-state index in [1.165, 1.54) is 169 Å². The Morgan fingerprint density at radius 2 is 0.778 bits per heavy atom. The van der Waals surface area contributed by atoms with Gasteiger partial charge in [0.1, 0.15) is 5.97 Å². The molecule has 0 fully saturated rings. The number of aliphatic carboxylic acids is 1. The van der Waals surface area contributed by atoms with E-state index >= 15 is 0 Å². The average Bonchev–Trinajstić information content (AvgIpc) is 3.05. The molecule has 0 amide bonds. The van der Waals surface area contributed by atoms with Crippen molar-refractivity contribution >= 4 is 26.2 Å². The Balaban J connectivity index is 0. The summed E-state index contributed by atoms with van der Waals surface area (Å²) in [7, 11) is -0.243. The number of carbonyl (C=O) groups excluding carboxylic acids is 1. The number of carbonyl (C=O) groups is 1. The molecule has 0 aliphatic heterocycles. The van der Waals surface area contributed by atoms with Gasteiger partial charge < -0.3 is 23.4 Å². The summed E-state index contributed by atoms with van der Waals surface area (Å²) in [6.07, 6.45) is 35.6. The fourth-order valence-electron chi connectivity index (χ4n) is 7.37. The van der Waals surface area contributed by atoms with Crippen molar-refractivity contribution in [2.45, 2.75) is 211 Å². The summed E-state index contributed by atoms with van der Waals surface area (Å²) in [5.74, 6) is -1.97. The van der Waals surface area contributed by atoms with Gasteiger partial charge >= 0.3 is 10.1 Å². The molecule has 0 saturated heterocycles. The normalized spacial score (nSPS) is 13.7. The third-order valence-electron chi connectivity index (χ3n) is 11.0. The zero-order valence-electron chi connectivity index (χ0n) is 36.4. The highest BCUT2D eigenvalue weighted by atomic mass is 32.2. The number of hydrogen-bond acceptors (Lipinski definition) is 7. The molecule has 0 aromatic carbocycles. The number of carboxylic acid groups (broad SMARTS) is 1. The van der Waals surface area contributed by atoms with Crippen molar-refractivity contribution in [2.24, 2.45) is 0 Å². The van der Waals surface area contributed by atoms with E-state index < -0.39 is 35.6 Å². The predicted molar refractivity (Wildman–Crippen MR) is 224 cm³/mol.